The van der Waals surface area contributed by atoms with E-state index in [0.717, 1.165) is 44.2 Å². The molecule has 1 amide bonds. The number of unbranched alkanes of at least 4 members (excludes halogenated alkanes) is 1. The van der Waals surface area contributed by atoms with Crippen LogP contribution in [0.4, 0.5) is 0 Å². The van der Waals surface area contributed by atoms with Crippen LogP contribution in [0.15, 0.2) is 11.6 Å². The summed E-state index contributed by atoms with van der Waals surface area (Å²) in [5.41, 5.74) is 1.56. The number of carbonyl (C=O) groups is 1. The normalized spacial score (nSPS) is 24.0. The summed E-state index contributed by atoms with van der Waals surface area (Å²) in [6.45, 7) is 11.2. The Morgan fingerprint density at radius 1 is 1.30 bits per heavy atom. The molecule has 2 aliphatic carbocycles. The lowest BCUT2D eigenvalue weighted by molar-refractivity contribution is -0.133. The fourth-order valence-electron chi connectivity index (χ4n) is 4.03. The van der Waals surface area contributed by atoms with E-state index in [9.17, 15) is 4.79 Å². The summed E-state index contributed by atoms with van der Waals surface area (Å²) in [4.78, 5) is 14.8. The lowest BCUT2D eigenvalue weighted by Gasteiger charge is -2.36. The average molecular weight is 320 g/mol. The number of rotatable bonds is 9. The maximum Gasteiger partial charge on any atom is 0.225 e. The lowest BCUT2D eigenvalue weighted by atomic mass is 9.74. The second-order valence-corrected chi connectivity index (χ2v) is 8.02. The molecule has 3 unspecified atom stereocenters. The lowest BCUT2D eigenvalue weighted by Crippen LogP contribution is -2.40. The monoisotopic (exact) mass is 319 g/mol. The molecule has 0 aromatic heterocycles. The third-order valence-electron chi connectivity index (χ3n) is 6.16. The molecule has 0 aliphatic heterocycles. The molecule has 0 heterocycles. The zero-order valence-electron chi connectivity index (χ0n) is 15.8. The van der Waals surface area contributed by atoms with Crippen LogP contribution in [0.3, 0.4) is 0 Å². The van der Waals surface area contributed by atoms with Gasteiger partial charge in [-0.15, -0.1) is 0 Å². The molecule has 1 fully saturated rings. The van der Waals surface area contributed by atoms with Crippen LogP contribution in [0.25, 0.3) is 0 Å². The summed E-state index contributed by atoms with van der Waals surface area (Å²) in [6.07, 6.45) is 12.1. The summed E-state index contributed by atoms with van der Waals surface area (Å²) in [7, 11) is 0. The van der Waals surface area contributed by atoms with Gasteiger partial charge in [-0.2, -0.15) is 0 Å². The van der Waals surface area contributed by atoms with E-state index < -0.39 is 0 Å². The fraction of sp³-hybridized carbons (Fsp3) is 0.857. The minimum absolute atomic E-state index is 0.361. The Balaban J connectivity index is 1.95. The van der Waals surface area contributed by atoms with Gasteiger partial charge in [0.1, 0.15) is 0 Å². The minimum atomic E-state index is 0.361. The van der Waals surface area contributed by atoms with Crippen LogP contribution in [0.1, 0.15) is 79.1 Å². The summed E-state index contributed by atoms with van der Waals surface area (Å²) in [6, 6.07) is 0. The molecule has 1 saturated carbocycles. The van der Waals surface area contributed by atoms with E-state index in [4.69, 9.17) is 0 Å². The Kier molecular flexibility index (Phi) is 7.17. The van der Waals surface area contributed by atoms with E-state index in [0.29, 0.717) is 17.7 Å². The van der Waals surface area contributed by atoms with Crippen molar-refractivity contribution in [2.45, 2.75) is 79.1 Å². The predicted molar refractivity (Wildman–Crippen MR) is 98.3 cm³/mol. The highest BCUT2D eigenvalue weighted by Gasteiger charge is 2.35. The molecule has 2 heteroatoms. The van der Waals surface area contributed by atoms with Crippen molar-refractivity contribution in [1.29, 1.82) is 0 Å². The van der Waals surface area contributed by atoms with E-state index in [-0.39, 0.29) is 0 Å². The Bertz CT molecular complexity index is 410. The number of nitrogens with zero attached hydrogens (tertiary/aromatic N) is 1. The Labute approximate surface area is 143 Å². The van der Waals surface area contributed by atoms with Gasteiger partial charge in [0.2, 0.25) is 5.91 Å². The summed E-state index contributed by atoms with van der Waals surface area (Å²) in [5, 5.41) is 0. The molecule has 23 heavy (non-hydrogen) atoms. The second-order valence-electron chi connectivity index (χ2n) is 8.02. The van der Waals surface area contributed by atoms with E-state index in [1.807, 2.05) is 0 Å². The first-order chi connectivity index (χ1) is 11.1. The molecule has 0 radical (unpaired) electrons. The molecule has 0 N–H and O–H groups in total. The smallest absolute Gasteiger partial charge is 0.225 e. The molecule has 0 saturated heterocycles. The van der Waals surface area contributed by atoms with Gasteiger partial charge in [-0.3, -0.25) is 4.79 Å². The highest BCUT2D eigenvalue weighted by molar-refractivity contribution is 5.81. The van der Waals surface area contributed by atoms with Crippen LogP contribution in [0.5, 0.6) is 0 Å². The Morgan fingerprint density at radius 3 is 2.57 bits per heavy atom. The first kappa shape index (κ1) is 18.5. The van der Waals surface area contributed by atoms with Crippen molar-refractivity contribution < 1.29 is 4.79 Å². The molecule has 2 nitrogen and oxygen atoms in total. The zero-order chi connectivity index (χ0) is 16.8. The number of hydrogen-bond donors (Lipinski definition) is 0. The molecule has 0 bridgehead atoms. The van der Waals surface area contributed by atoms with Gasteiger partial charge in [0.25, 0.3) is 0 Å². The van der Waals surface area contributed by atoms with Gasteiger partial charge in [0.05, 0.1) is 0 Å². The molecule has 2 rings (SSSR count). The fourth-order valence-corrected chi connectivity index (χ4v) is 4.03. The number of allylic oxidation sites excluding steroid dienone is 2. The minimum Gasteiger partial charge on any atom is -0.342 e. The highest BCUT2D eigenvalue weighted by Crippen LogP contribution is 2.36. The zero-order valence-corrected chi connectivity index (χ0v) is 15.8. The van der Waals surface area contributed by atoms with Crippen LogP contribution < -0.4 is 0 Å². The number of hydrogen-bond acceptors (Lipinski definition) is 1. The maximum absolute atomic E-state index is 12.6. The number of carbonyl (C=O) groups excluding carboxylic acids is 1. The van der Waals surface area contributed by atoms with Crippen molar-refractivity contribution in [3.05, 3.63) is 11.6 Å². The summed E-state index contributed by atoms with van der Waals surface area (Å²) in [5.74, 6) is 3.00. The third kappa shape index (κ3) is 5.36. The average Bonchev–Trinajstić information content (AvgIpc) is 3.39. The van der Waals surface area contributed by atoms with Crippen molar-refractivity contribution in [1.82, 2.24) is 4.90 Å². The van der Waals surface area contributed by atoms with Gasteiger partial charge in [0, 0.05) is 19.0 Å². The van der Waals surface area contributed by atoms with Gasteiger partial charge in [-0.25, -0.2) is 0 Å². The van der Waals surface area contributed by atoms with Gasteiger partial charge in [-0.1, -0.05) is 45.3 Å². The van der Waals surface area contributed by atoms with Gasteiger partial charge in [-0.05, 0) is 63.2 Å². The van der Waals surface area contributed by atoms with Crippen LogP contribution in [0.2, 0.25) is 0 Å². The van der Waals surface area contributed by atoms with Crippen LogP contribution in [-0.4, -0.2) is 23.9 Å². The van der Waals surface area contributed by atoms with Crippen molar-refractivity contribution in [2.75, 3.05) is 13.1 Å². The van der Waals surface area contributed by atoms with Crippen molar-refractivity contribution in [3.63, 3.8) is 0 Å². The summed E-state index contributed by atoms with van der Waals surface area (Å²) >= 11 is 0. The molecule has 0 aromatic rings. The molecule has 0 aromatic carbocycles. The molecule has 2 aliphatic rings. The predicted octanol–water partition coefficient (Wildman–Crippen LogP) is 5.43. The van der Waals surface area contributed by atoms with Crippen LogP contribution in [0, 0.1) is 23.7 Å². The third-order valence-corrected chi connectivity index (χ3v) is 6.16. The van der Waals surface area contributed by atoms with E-state index in [2.05, 4.69) is 38.7 Å². The Hall–Kier alpha value is -0.790. The largest absolute Gasteiger partial charge is 0.342 e. The molecule has 132 valence electrons. The maximum atomic E-state index is 12.6. The van der Waals surface area contributed by atoms with Crippen molar-refractivity contribution >= 4 is 5.91 Å². The standard InChI is InChI=1S/C21H37NO/c1-5-7-14-22(21(23)20-12-13-20)15-18(6-2)17(4)19-10-8-16(3)9-11-19/h8,17-20H,5-7,9-15H2,1-4H3. The van der Waals surface area contributed by atoms with Crippen molar-refractivity contribution in [2.24, 2.45) is 23.7 Å². The number of amides is 1. The Morgan fingerprint density at radius 2 is 2.04 bits per heavy atom. The molecule has 0 spiro atoms. The quantitative estimate of drug-likeness (QED) is 0.519. The van der Waals surface area contributed by atoms with Gasteiger partial charge >= 0.3 is 0 Å². The second kappa shape index (κ2) is 8.89. The van der Waals surface area contributed by atoms with E-state index in [1.54, 1.807) is 5.57 Å². The van der Waals surface area contributed by atoms with Gasteiger partial charge < -0.3 is 4.90 Å². The van der Waals surface area contributed by atoms with Crippen molar-refractivity contribution in [3.8, 4) is 0 Å². The van der Waals surface area contributed by atoms with Gasteiger partial charge in [0.15, 0.2) is 0 Å². The molecular weight excluding hydrogens is 282 g/mol. The first-order valence-electron chi connectivity index (χ1n) is 10.0. The SMILES string of the molecule is CCCCN(CC(CC)C(C)C1CC=C(C)CC1)C(=O)C1CC1. The molecular formula is C21H37NO. The van der Waals surface area contributed by atoms with E-state index >= 15 is 0 Å². The topological polar surface area (TPSA) is 20.3 Å². The summed E-state index contributed by atoms with van der Waals surface area (Å²) < 4.78 is 0. The van der Waals surface area contributed by atoms with Crippen LogP contribution in [-0.2, 0) is 4.79 Å². The first-order valence-corrected chi connectivity index (χ1v) is 10.0. The highest BCUT2D eigenvalue weighted by atomic mass is 16.2. The van der Waals surface area contributed by atoms with Crippen LogP contribution >= 0.6 is 0 Å². The molecule has 3 atom stereocenters. The van der Waals surface area contributed by atoms with E-state index in [1.165, 1.54) is 32.1 Å².